The Morgan fingerprint density at radius 2 is 1.95 bits per heavy atom. The van der Waals surface area contributed by atoms with Gasteiger partial charge in [-0.05, 0) is 47.7 Å². The quantitative estimate of drug-likeness (QED) is 0.595. The number of imidazole rings is 1. The molecule has 0 radical (unpaired) electrons. The lowest BCUT2D eigenvalue weighted by molar-refractivity contribution is 1.05. The van der Waals surface area contributed by atoms with E-state index >= 15 is 0 Å². The summed E-state index contributed by atoms with van der Waals surface area (Å²) in [5, 5.41) is 3.46. The van der Waals surface area contributed by atoms with Crippen LogP contribution in [0.25, 0.3) is 11.1 Å². The predicted octanol–water partition coefficient (Wildman–Crippen LogP) is 3.90. The lowest BCUT2D eigenvalue weighted by Gasteiger charge is -2.08. The molecule has 0 saturated carbocycles. The number of hydrogen-bond donors (Lipinski definition) is 2. The Kier molecular flexibility index (Phi) is 2.78. The van der Waals surface area contributed by atoms with Crippen molar-refractivity contribution in [1.29, 1.82) is 0 Å². The van der Waals surface area contributed by atoms with Gasteiger partial charge in [0.2, 0.25) is 0 Å². The van der Waals surface area contributed by atoms with Crippen molar-refractivity contribution in [3.05, 3.63) is 71.3 Å². The van der Waals surface area contributed by atoms with E-state index in [2.05, 4.69) is 57.7 Å². The summed E-state index contributed by atoms with van der Waals surface area (Å²) < 4.78 is 0. The molecule has 0 atom stereocenters. The topological polar surface area (TPSA) is 40.7 Å². The van der Waals surface area contributed by atoms with Gasteiger partial charge >= 0.3 is 0 Å². The Labute approximate surface area is 124 Å². The monoisotopic (exact) mass is 275 g/mol. The number of aromatic nitrogens is 2. The van der Waals surface area contributed by atoms with Gasteiger partial charge in [-0.3, -0.25) is 0 Å². The molecule has 0 bridgehead atoms. The highest BCUT2D eigenvalue weighted by molar-refractivity contribution is 5.78. The second-order valence-electron chi connectivity index (χ2n) is 5.53. The SMILES string of the molecule is Cc1[nH]cnc1CNc1ccc2c(c1)Cc1ccccc1-2. The molecule has 21 heavy (non-hydrogen) atoms. The summed E-state index contributed by atoms with van der Waals surface area (Å²) in [4.78, 5) is 7.43. The van der Waals surface area contributed by atoms with Crippen molar-refractivity contribution in [3.63, 3.8) is 0 Å². The first-order valence-electron chi connectivity index (χ1n) is 7.25. The van der Waals surface area contributed by atoms with Crippen molar-refractivity contribution in [2.24, 2.45) is 0 Å². The predicted molar refractivity (Wildman–Crippen MR) is 85.3 cm³/mol. The number of fused-ring (bicyclic) bond motifs is 3. The third-order valence-electron chi connectivity index (χ3n) is 4.19. The molecule has 0 spiro atoms. The Balaban J connectivity index is 1.57. The average molecular weight is 275 g/mol. The molecule has 1 aliphatic carbocycles. The minimum Gasteiger partial charge on any atom is -0.379 e. The molecular weight excluding hydrogens is 258 g/mol. The molecule has 0 fully saturated rings. The number of anilines is 1. The van der Waals surface area contributed by atoms with Crippen LogP contribution >= 0.6 is 0 Å². The fourth-order valence-electron chi connectivity index (χ4n) is 3.01. The molecular formula is C18H17N3. The van der Waals surface area contributed by atoms with Crippen LogP contribution in [0, 0.1) is 6.92 Å². The summed E-state index contributed by atoms with van der Waals surface area (Å²) in [6, 6.07) is 15.3. The van der Waals surface area contributed by atoms with E-state index in [-0.39, 0.29) is 0 Å². The maximum absolute atomic E-state index is 4.32. The third kappa shape index (κ3) is 2.11. The van der Waals surface area contributed by atoms with Crippen LogP contribution in [0.15, 0.2) is 48.8 Å². The molecule has 0 aliphatic heterocycles. The number of H-pyrrole nitrogens is 1. The van der Waals surface area contributed by atoms with Gasteiger partial charge in [-0.25, -0.2) is 4.98 Å². The normalized spacial score (nSPS) is 12.0. The van der Waals surface area contributed by atoms with Crippen LogP contribution in [0.3, 0.4) is 0 Å². The van der Waals surface area contributed by atoms with E-state index in [1.807, 2.05) is 6.92 Å². The molecule has 4 rings (SSSR count). The van der Waals surface area contributed by atoms with Crippen LogP contribution in [-0.4, -0.2) is 9.97 Å². The van der Waals surface area contributed by atoms with Gasteiger partial charge in [-0.2, -0.15) is 0 Å². The third-order valence-corrected chi connectivity index (χ3v) is 4.19. The molecule has 0 unspecified atom stereocenters. The highest BCUT2D eigenvalue weighted by atomic mass is 14.9. The molecule has 104 valence electrons. The van der Waals surface area contributed by atoms with Gasteiger partial charge in [0, 0.05) is 11.4 Å². The van der Waals surface area contributed by atoms with Crippen LogP contribution in [0.2, 0.25) is 0 Å². The van der Waals surface area contributed by atoms with E-state index < -0.39 is 0 Å². The van der Waals surface area contributed by atoms with Crippen LogP contribution in [0.4, 0.5) is 5.69 Å². The highest BCUT2D eigenvalue weighted by Gasteiger charge is 2.17. The number of aryl methyl sites for hydroxylation is 1. The Hall–Kier alpha value is -2.55. The number of aromatic amines is 1. The van der Waals surface area contributed by atoms with Gasteiger partial charge in [-0.1, -0.05) is 30.3 Å². The van der Waals surface area contributed by atoms with Crippen molar-refractivity contribution in [3.8, 4) is 11.1 Å². The molecule has 3 aromatic rings. The van der Waals surface area contributed by atoms with E-state index in [1.54, 1.807) is 6.33 Å². The van der Waals surface area contributed by atoms with E-state index in [9.17, 15) is 0 Å². The molecule has 1 heterocycles. The number of rotatable bonds is 3. The van der Waals surface area contributed by atoms with Crippen molar-refractivity contribution in [2.45, 2.75) is 19.9 Å². The smallest absolute Gasteiger partial charge is 0.0925 e. The van der Waals surface area contributed by atoms with Crippen LogP contribution in [0.5, 0.6) is 0 Å². The van der Waals surface area contributed by atoms with Gasteiger partial charge in [0.15, 0.2) is 0 Å². The first kappa shape index (κ1) is 12.2. The Bertz CT molecular complexity index is 802. The lowest BCUT2D eigenvalue weighted by atomic mass is 10.1. The lowest BCUT2D eigenvalue weighted by Crippen LogP contribution is -2.01. The fraction of sp³-hybridized carbons (Fsp3) is 0.167. The zero-order valence-corrected chi connectivity index (χ0v) is 12.0. The number of nitrogens with one attached hydrogen (secondary N) is 2. The Morgan fingerprint density at radius 1 is 1.10 bits per heavy atom. The van der Waals surface area contributed by atoms with E-state index in [0.29, 0.717) is 0 Å². The standard InChI is InChI=1S/C18H17N3/c1-12-18(21-11-20-12)10-19-15-6-7-17-14(9-15)8-13-4-2-3-5-16(13)17/h2-7,9,11,19H,8,10H2,1H3,(H,20,21). The Morgan fingerprint density at radius 3 is 2.81 bits per heavy atom. The maximum atomic E-state index is 4.32. The molecule has 2 N–H and O–H groups in total. The molecule has 3 heteroatoms. The van der Waals surface area contributed by atoms with Crippen molar-refractivity contribution >= 4 is 5.69 Å². The first-order chi connectivity index (χ1) is 10.3. The van der Waals surface area contributed by atoms with Crippen LogP contribution in [0.1, 0.15) is 22.5 Å². The van der Waals surface area contributed by atoms with Gasteiger partial charge in [0.1, 0.15) is 0 Å². The zero-order chi connectivity index (χ0) is 14.2. The van der Waals surface area contributed by atoms with Crippen LogP contribution < -0.4 is 5.32 Å². The molecule has 3 nitrogen and oxygen atoms in total. The first-order valence-corrected chi connectivity index (χ1v) is 7.25. The highest BCUT2D eigenvalue weighted by Crippen LogP contribution is 2.37. The average Bonchev–Trinajstić information content (AvgIpc) is 3.07. The van der Waals surface area contributed by atoms with Gasteiger partial charge in [0.25, 0.3) is 0 Å². The van der Waals surface area contributed by atoms with Gasteiger partial charge < -0.3 is 10.3 Å². The van der Waals surface area contributed by atoms with Crippen molar-refractivity contribution < 1.29 is 0 Å². The summed E-state index contributed by atoms with van der Waals surface area (Å²) in [6.45, 7) is 2.80. The molecule has 0 amide bonds. The second kappa shape index (κ2) is 4.77. The fourth-order valence-corrected chi connectivity index (χ4v) is 3.01. The molecule has 1 aliphatic rings. The summed E-state index contributed by atoms with van der Waals surface area (Å²) in [6.07, 6.45) is 2.77. The summed E-state index contributed by atoms with van der Waals surface area (Å²) in [7, 11) is 0. The summed E-state index contributed by atoms with van der Waals surface area (Å²) in [5.41, 5.74) is 8.92. The van der Waals surface area contributed by atoms with Gasteiger partial charge in [-0.15, -0.1) is 0 Å². The van der Waals surface area contributed by atoms with E-state index in [4.69, 9.17) is 0 Å². The summed E-state index contributed by atoms with van der Waals surface area (Å²) >= 11 is 0. The van der Waals surface area contributed by atoms with Gasteiger partial charge in [0.05, 0.1) is 18.6 Å². The molecule has 2 aromatic carbocycles. The molecule has 1 aromatic heterocycles. The minimum atomic E-state index is 0.751. The minimum absolute atomic E-state index is 0.751. The number of hydrogen-bond acceptors (Lipinski definition) is 2. The maximum Gasteiger partial charge on any atom is 0.0925 e. The zero-order valence-electron chi connectivity index (χ0n) is 12.0. The number of nitrogens with zero attached hydrogens (tertiary/aromatic N) is 1. The van der Waals surface area contributed by atoms with E-state index in [1.165, 1.54) is 22.3 Å². The number of benzene rings is 2. The van der Waals surface area contributed by atoms with Crippen LogP contribution in [-0.2, 0) is 13.0 Å². The largest absolute Gasteiger partial charge is 0.379 e. The van der Waals surface area contributed by atoms with Crippen molar-refractivity contribution in [1.82, 2.24) is 9.97 Å². The second-order valence-corrected chi connectivity index (χ2v) is 5.53. The van der Waals surface area contributed by atoms with Crippen molar-refractivity contribution in [2.75, 3.05) is 5.32 Å². The van der Waals surface area contributed by atoms with E-state index in [0.717, 1.165) is 30.0 Å². The molecule has 0 saturated heterocycles. The summed E-state index contributed by atoms with van der Waals surface area (Å²) in [5.74, 6) is 0.